The number of nitrogens with zero attached hydrogens (tertiary/aromatic N) is 1. The first-order chi connectivity index (χ1) is 8.93. The summed E-state index contributed by atoms with van der Waals surface area (Å²) in [5, 5.41) is 13.3. The monoisotopic (exact) mass is 302 g/mol. The Kier molecular flexibility index (Phi) is 4.36. The van der Waals surface area contributed by atoms with Crippen LogP contribution in [-0.2, 0) is 4.79 Å². The maximum atomic E-state index is 11.8. The molecular weight excluding hydrogens is 287 g/mol. The molecule has 1 aliphatic heterocycles. The van der Waals surface area contributed by atoms with Crippen LogP contribution in [0.1, 0.15) is 13.3 Å². The highest BCUT2D eigenvalue weighted by atomic mass is 35.5. The number of anilines is 1. The number of carbonyl (C=O) groups is 1. The van der Waals surface area contributed by atoms with Crippen molar-refractivity contribution in [1.82, 2.24) is 4.90 Å². The van der Waals surface area contributed by atoms with Crippen LogP contribution in [0.4, 0.5) is 5.69 Å². The van der Waals surface area contributed by atoms with Gasteiger partial charge in [0.05, 0.1) is 27.9 Å². The first-order valence-electron chi connectivity index (χ1n) is 6.12. The molecule has 104 valence electrons. The highest BCUT2D eigenvalue weighted by molar-refractivity contribution is 6.43. The number of hydrogen-bond acceptors (Lipinski definition) is 3. The Hall–Kier alpha value is -0.810. The number of carbonyl (C=O) groups excluding carboxylic acids is 1. The van der Waals surface area contributed by atoms with E-state index in [9.17, 15) is 9.90 Å². The Balaban J connectivity index is 1.87. The molecule has 6 heteroatoms. The molecule has 2 rings (SSSR count). The summed E-state index contributed by atoms with van der Waals surface area (Å²) in [5.74, 6) is -0.165. The zero-order chi connectivity index (χ0) is 14.0. The Morgan fingerprint density at radius 2 is 2.16 bits per heavy atom. The SMILES string of the molecule is CCC1(O)CN(CC(=O)Nc2cccc(Cl)c2Cl)C1. The lowest BCUT2D eigenvalue weighted by molar-refractivity contribution is -0.128. The number of benzene rings is 1. The van der Waals surface area contributed by atoms with Gasteiger partial charge in [-0.05, 0) is 18.6 Å². The van der Waals surface area contributed by atoms with Gasteiger partial charge in [0.25, 0.3) is 0 Å². The molecule has 0 radical (unpaired) electrons. The van der Waals surface area contributed by atoms with Gasteiger partial charge in [-0.15, -0.1) is 0 Å². The molecule has 0 saturated carbocycles. The lowest BCUT2D eigenvalue weighted by atomic mass is 9.91. The van der Waals surface area contributed by atoms with E-state index in [2.05, 4.69) is 5.32 Å². The lowest BCUT2D eigenvalue weighted by Gasteiger charge is -2.45. The van der Waals surface area contributed by atoms with Crippen LogP contribution in [-0.4, -0.2) is 41.1 Å². The van der Waals surface area contributed by atoms with Crippen molar-refractivity contribution in [2.75, 3.05) is 25.0 Å². The van der Waals surface area contributed by atoms with E-state index in [1.54, 1.807) is 18.2 Å². The van der Waals surface area contributed by atoms with E-state index in [1.165, 1.54) is 0 Å². The van der Waals surface area contributed by atoms with E-state index in [-0.39, 0.29) is 12.5 Å². The van der Waals surface area contributed by atoms with Crippen LogP contribution in [0.3, 0.4) is 0 Å². The van der Waals surface area contributed by atoms with Crippen molar-refractivity contribution in [2.45, 2.75) is 18.9 Å². The molecule has 0 atom stereocenters. The van der Waals surface area contributed by atoms with Gasteiger partial charge in [-0.2, -0.15) is 0 Å². The maximum Gasteiger partial charge on any atom is 0.238 e. The van der Waals surface area contributed by atoms with Crippen molar-refractivity contribution in [3.63, 3.8) is 0 Å². The first-order valence-corrected chi connectivity index (χ1v) is 6.88. The lowest BCUT2D eigenvalue weighted by Crippen LogP contribution is -2.62. The number of likely N-dealkylation sites (tertiary alicyclic amines) is 1. The van der Waals surface area contributed by atoms with Crippen LogP contribution >= 0.6 is 23.2 Å². The van der Waals surface area contributed by atoms with Gasteiger partial charge in [0, 0.05) is 13.1 Å². The molecule has 1 amide bonds. The first kappa shape index (κ1) is 14.6. The Bertz CT molecular complexity index is 488. The molecule has 2 N–H and O–H groups in total. The fourth-order valence-electron chi connectivity index (χ4n) is 2.11. The predicted molar refractivity (Wildman–Crippen MR) is 76.8 cm³/mol. The van der Waals surface area contributed by atoms with Crippen LogP contribution < -0.4 is 5.32 Å². The minimum absolute atomic E-state index is 0.165. The molecule has 1 aromatic rings. The number of nitrogens with one attached hydrogen (secondary N) is 1. The normalized spacial score (nSPS) is 17.9. The van der Waals surface area contributed by atoms with Crippen LogP contribution in [0.2, 0.25) is 10.0 Å². The fourth-order valence-corrected chi connectivity index (χ4v) is 2.46. The minimum Gasteiger partial charge on any atom is -0.387 e. The van der Waals surface area contributed by atoms with E-state index >= 15 is 0 Å². The van der Waals surface area contributed by atoms with E-state index in [0.29, 0.717) is 35.2 Å². The van der Waals surface area contributed by atoms with Crippen molar-refractivity contribution in [3.8, 4) is 0 Å². The topological polar surface area (TPSA) is 52.6 Å². The van der Waals surface area contributed by atoms with Gasteiger partial charge in [0.1, 0.15) is 0 Å². The molecule has 1 aromatic carbocycles. The van der Waals surface area contributed by atoms with Crippen molar-refractivity contribution in [1.29, 1.82) is 0 Å². The number of aliphatic hydroxyl groups is 1. The Labute approximate surface area is 122 Å². The van der Waals surface area contributed by atoms with Crippen molar-refractivity contribution in [2.24, 2.45) is 0 Å². The second kappa shape index (κ2) is 5.67. The zero-order valence-electron chi connectivity index (χ0n) is 10.6. The number of hydrogen-bond donors (Lipinski definition) is 2. The molecule has 4 nitrogen and oxygen atoms in total. The molecule has 0 spiro atoms. The third-order valence-corrected chi connectivity index (χ3v) is 4.11. The van der Waals surface area contributed by atoms with Gasteiger partial charge in [-0.25, -0.2) is 0 Å². The largest absolute Gasteiger partial charge is 0.387 e. The van der Waals surface area contributed by atoms with Crippen LogP contribution in [0.15, 0.2) is 18.2 Å². The number of amides is 1. The van der Waals surface area contributed by atoms with Crippen molar-refractivity contribution >= 4 is 34.8 Å². The summed E-state index contributed by atoms with van der Waals surface area (Å²) in [6.07, 6.45) is 0.700. The average molecular weight is 303 g/mol. The Morgan fingerprint density at radius 1 is 1.47 bits per heavy atom. The molecular formula is C13H16Cl2N2O2. The molecule has 1 heterocycles. The van der Waals surface area contributed by atoms with E-state index in [1.807, 2.05) is 11.8 Å². The minimum atomic E-state index is -0.631. The quantitative estimate of drug-likeness (QED) is 0.898. The second-order valence-corrected chi connectivity index (χ2v) is 5.66. The van der Waals surface area contributed by atoms with E-state index in [4.69, 9.17) is 23.2 Å². The maximum absolute atomic E-state index is 11.8. The molecule has 0 unspecified atom stereocenters. The smallest absolute Gasteiger partial charge is 0.238 e. The van der Waals surface area contributed by atoms with Gasteiger partial charge >= 0.3 is 0 Å². The molecule has 0 bridgehead atoms. The highest BCUT2D eigenvalue weighted by Crippen LogP contribution is 2.29. The Morgan fingerprint density at radius 3 is 2.79 bits per heavy atom. The summed E-state index contributed by atoms with van der Waals surface area (Å²) in [6, 6.07) is 5.09. The summed E-state index contributed by atoms with van der Waals surface area (Å²) in [5.41, 5.74) is -0.126. The van der Waals surface area contributed by atoms with Crippen molar-refractivity contribution < 1.29 is 9.90 Å². The van der Waals surface area contributed by atoms with Crippen LogP contribution in [0, 0.1) is 0 Å². The third kappa shape index (κ3) is 3.39. The summed E-state index contributed by atoms with van der Waals surface area (Å²) in [7, 11) is 0. The fraction of sp³-hybridized carbons (Fsp3) is 0.462. The standard InChI is InChI=1S/C13H16Cl2N2O2/c1-2-13(19)7-17(8-13)6-11(18)16-10-5-3-4-9(14)12(10)15/h3-5,19H,2,6-8H2,1H3,(H,16,18). The van der Waals surface area contributed by atoms with Gasteiger partial charge in [-0.1, -0.05) is 36.2 Å². The molecule has 1 saturated heterocycles. The average Bonchev–Trinajstić information content (AvgIpc) is 2.33. The van der Waals surface area contributed by atoms with Gasteiger partial charge in [0.2, 0.25) is 5.91 Å². The number of β-amino-alcohol motifs (C(OH)–C–C–N with tert-alkyl or cyclic N) is 1. The second-order valence-electron chi connectivity index (χ2n) is 4.87. The molecule has 0 aromatic heterocycles. The number of rotatable bonds is 4. The summed E-state index contributed by atoms with van der Waals surface area (Å²) in [6.45, 7) is 3.23. The molecule has 1 aliphatic rings. The number of halogens is 2. The molecule has 0 aliphatic carbocycles. The molecule has 1 fully saturated rings. The molecule has 19 heavy (non-hydrogen) atoms. The van der Waals surface area contributed by atoms with Gasteiger partial charge in [-0.3, -0.25) is 9.69 Å². The summed E-state index contributed by atoms with van der Waals surface area (Å²) < 4.78 is 0. The van der Waals surface area contributed by atoms with Gasteiger partial charge < -0.3 is 10.4 Å². The van der Waals surface area contributed by atoms with E-state index in [0.717, 1.165) is 0 Å². The van der Waals surface area contributed by atoms with Gasteiger partial charge in [0.15, 0.2) is 0 Å². The summed E-state index contributed by atoms with van der Waals surface area (Å²) >= 11 is 11.9. The van der Waals surface area contributed by atoms with Crippen LogP contribution in [0.5, 0.6) is 0 Å². The third-order valence-electron chi connectivity index (χ3n) is 3.29. The van der Waals surface area contributed by atoms with Crippen molar-refractivity contribution in [3.05, 3.63) is 28.2 Å². The zero-order valence-corrected chi connectivity index (χ0v) is 12.1. The predicted octanol–water partition coefficient (Wildman–Crippen LogP) is 2.39. The van der Waals surface area contributed by atoms with Crippen LogP contribution in [0.25, 0.3) is 0 Å². The highest BCUT2D eigenvalue weighted by Gasteiger charge is 2.39. The summed E-state index contributed by atoms with van der Waals surface area (Å²) in [4.78, 5) is 13.7. The van der Waals surface area contributed by atoms with E-state index < -0.39 is 5.60 Å².